The van der Waals surface area contributed by atoms with Gasteiger partial charge in [0.25, 0.3) is 0 Å². The Morgan fingerprint density at radius 2 is 2.05 bits per heavy atom. The fourth-order valence-electron chi connectivity index (χ4n) is 2.76. The van der Waals surface area contributed by atoms with E-state index in [0.717, 1.165) is 24.2 Å². The highest BCUT2D eigenvalue weighted by Crippen LogP contribution is 2.27. The topological polar surface area (TPSA) is 69.7 Å². The lowest BCUT2D eigenvalue weighted by Crippen LogP contribution is -2.38. The van der Waals surface area contributed by atoms with Gasteiger partial charge in [-0.1, -0.05) is 0 Å². The molecule has 0 bridgehead atoms. The summed E-state index contributed by atoms with van der Waals surface area (Å²) in [5.41, 5.74) is 2.02. The molecular formula is C14H19N3O3S. The molecule has 1 aromatic rings. The van der Waals surface area contributed by atoms with Crippen LogP contribution in [0, 0.1) is 0 Å². The second-order valence-electron chi connectivity index (χ2n) is 5.50. The van der Waals surface area contributed by atoms with Crippen LogP contribution in [0.5, 0.6) is 0 Å². The molecule has 1 N–H and O–H groups in total. The van der Waals surface area contributed by atoms with Crippen molar-refractivity contribution in [1.82, 2.24) is 9.21 Å². The normalized spacial score (nSPS) is 20.0. The van der Waals surface area contributed by atoms with Gasteiger partial charge in [-0.2, -0.15) is 4.31 Å². The number of amides is 1. The molecule has 0 aromatic heterocycles. The molecule has 2 heterocycles. The molecule has 1 amide bonds. The fraction of sp³-hybridized carbons (Fsp3) is 0.500. The van der Waals surface area contributed by atoms with Gasteiger partial charge < -0.3 is 10.2 Å². The van der Waals surface area contributed by atoms with E-state index in [1.807, 2.05) is 0 Å². The molecule has 3 rings (SSSR count). The Hall–Kier alpha value is -1.60. The molecule has 0 unspecified atom stereocenters. The molecule has 114 valence electrons. The molecule has 1 aromatic carbocycles. The van der Waals surface area contributed by atoms with Crippen molar-refractivity contribution >= 4 is 21.6 Å². The first kappa shape index (κ1) is 14.3. The Bertz CT molecular complexity index is 672. The molecule has 0 aliphatic carbocycles. The van der Waals surface area contributed by atoms with Crippen LogP contribution >= 0.6 is 0 Å². The number of likely N-dealkylation sites (N-methyl/N-ethyl adjacent to an activating group) is 1. The van der Waals surface area contributed by atoms with Crippen LogP contribution in [0.4, 0.5) is 5.69 Å². The predicted molar refractivity (Wildman–Crippen MR) is 79.6 cm³/mol. The lowest BCUT2D eigenvalue weighted by Gasteiger charge is -2.20. The summed E-state index contributed by atoms with van der Waals surface area (Å²) in [4.78, 5) is 13.8. The summed E-state index contributed by atoms with van der Waals surface area (Å²) in [6.07, 6.45) is 1.49. The largest absolute Gasteiger partial charge is 0.384 e. The summed E-state index contributed by atoms with van der Waals surface area (Å²) in [5, 5.41) is 3.21. The Morgan fingerprint density at radius 1 is 1.24 bits per heavy atom. The van der Waals surface area contributed by atoms with Crippen molar-refractivity contribution in [2.45, 2.75) is 17.7 Å². The van der Waals surface area contributed by atoms with E-state index in [9.17, 15) is 13.2 Å². The first-order chi connectivity index (χ1) is 9.98. The van der Waals surface area contributed by atoms with E-state index in [1.54, 1.807) is 30.1 Å². The Balaban J connectivity index is 1.91. The molecule has 1 fully saturated rings. The minimum absolute atomic E-state index is 0.0752. The van der Waals surface area contributed by atoms with Gasteiger partial charge in [0, 0.05) is 32.4 Å². The maximum atomic E-state index is 12.7. The Morgan fingerprint density at radius 3 is 2.86 bits per heavy atom. The smallest absolute Gasteiger partial charge is 0.243 e. The van der Waals surface area contributed by atoms with Gasteiger partial charge in [0.2, 0.25) is 15.9 Å². The zero-order chi connectivity index (χ0) is 15.0. The van der Waals surface area contributed by atoms with Crippen LogP contribution in [0.15, 0.2) is 23.1 Å². The molecule has 2 aliphatic heterocycles. The van der Waals surface area contributed by atoms with E-state index in [1.165, 1.54) is 4.31 Å². The van der Waals surface area contributed by atoms with Crippen LogP contribution in [0.3, 0.4) is 0 Å². The summed E-state index contributed by atoms with van der Waals surface area (Å²) in [6.45, 7) is 1.74. The number of nitrogens with one attached hydrogen (secondary N) is 1. The molecule has 0 radical (unpaired) electrons. The van der Waals surface area contributed by atoms with Crippen molar-refractivity contribution in [2.24, 2.45) is 0 Å². The second-order valence-corrected chi connectivity index (χ2v) is 7.44. The molecule has 7 heteroatoms. The number of sulfonamides is 1. The molecule has 0 atom stereocenters. The van der Waals surface area contributed by atoms with Gasteiger partial charge in [0.1, 0.15) is 0 Å². The lowest BCUT2D eigenvalue weighted by molar-refractivity contribution is -0.129. The third-order valence-corrected chi connectivity index (χ3v) is 5.90. The number of rotatable bonds is 2. The van der Waals surface area contributed by atoms with Gasteiger partial charge in [-0.25, -0.2) is 8.42 Å². The molecule has 1 saturated heterocycles. The maximum absolute atomic E-state index is 12.7. The Labute approximate surface area is 124 Å². The van der Waals surface area contributed by atoms with E-state index in [-0.39, 0.29) is 17.3 Å². The number of nitrogens with zero attached hydrogens (tertiary/aromatic N) is 2. The molecule has 0 spiro atoms. The Kier molecular flexibility index (Phi) is 3.62. The molecule has 2 aliphatic rings. The van der Waals surface area contributed by atoms with Gasteiger partial charge >= 0.3 is 0 Å². The van der Waals surface area contributed by atoms with E-state index in [4.69, 9.17) is 0 Å². The van der Waals surface area contributed by atoms with Gasteiger partial charge in [0.15, 0.2) is 0 Å². The highest BCUT2D eigenvalue weighted by atomic mass is 32.2. The van der Waals surface area contributed by atoms with Crippen molar-refractivity contribution in [3.63, 3.8) is 0 Å². The van der Waals surface area contributed by atoms with Crippen molar-refractivity contribution in [3.8, 4) is 0 Å². The average Bonchev–Trinajstić information content (AvgIpc) is 2.85. The minimum Gasteiger partial charge on any atom is -0.384 e. The zero-order valence-electron chi connectivity index (χ0n) is 12.0. The van der Waals surface area contributed by atoms with E-state index < -0.39 is 10.0 Å². The van der Waals surface area contributed by atoms with Crippen LogP contribution in [0.25, 0.3) is 0 Å². The van der Waals surface area contributed by atoms with Crippen LogP contribution in [-0.2, 0) is 21.2 Å². The molecule has 6 nitrogen and oxygen atoms in total. The van der Waals surface area contributed by atoms with Crippen LogP contribution in [0.2, 0.25) is 0 Å². The summed E-state index contributed by atoms with van der Waals surface area (Å²) in [6, 6.07) is 5.15. The monoisotopic (exact) mass is 309 g/mol. The first-order valence-electron chi connectivity index (χ1n) is 7.09. The highest BCUT2D eigenvalue weighted by Gasteiger charge is 2.30. The van der Waals surface area contributed by atoms with Crippen molar-refractivity contribution < 1.29 is 13.2 Å². The standard InChI is InChI=1S/C14H19N3O3S/c1-16-7-2-8-17(10-14(16)18)21(19,20)12-3-4-13-11(9-12)5-6-15-13/h3-4,9,15H,2,5-8,10H2,1H3. The minimum atomic E-state index is -3.61. The lowest BCUT2D eigenvalue weighted by atomic mass is 10.2. The molecule has 21 heavy (non-hydrogen) atoms. The number of fused-ring (bicyclic) bond motifs is 1. The summed E-state index contributed by atoms with van der Waals surface area (Å²) < 4.78 is 26.7. The van der Waals surface area contributed by atoms with Gasteiger partial charge in [0.05, 0.1) is 11.4 Å². The average molecular weight is 309 g/mol. The van der Waals surface area contributed by atoms with Crippen molar-refractivity contribution in [2.75, 3.05) is 38.5 Å². The van der Waals surface area contributed by atoms with E-state index >= 15 is 0 Å². The maximum Gasteiger partial charge on any atom is 0.243 e. The summed E-state index contributed by atoms with van der Waals surface area (Å²) in [7, 11) is -1.90. The number of hydrogen-bond donors (Lipinski definition) is 1. The number of hydrogen-bond acceptors (Lipinski definition) is 4. The van der Waals surface area contributed by atoms with Gasteiger partial charge in [-0.05, 0) is 36.6 Å². The summed E-state index contributed by atoms with van der Waals surface area (Å²) >= 11 is 0. The highest BCUT2D eigenvalue weighted by molar-refractivity contribution is 7.89. The third kappa shape index (κ3) is 2.63. The van der Waals surface area contributed by atoms with E-state index in [0.29, 0.717) is 19.5 Å². The number of anilines is 1. The van der Waals surface area contributed by atoms with Crippen molar-refractivity contribution in [3.05, 3.63) is 23.8 Å². The molecule has 0 saturated carbocycles. The second kappa shape index (κ2) is 5.31. The first-order valence-corrected chi connectivity index (χ1v) is 8.53. The third-order valence-electron chi connectivity index (χ3n) is 4.06. The van der Waals surface area contributed by atoms with E-state index in [2.05, 4.69) is 5.32 Å². The predicted octanol–water partition coefficient (Wildman–Crippen LogP) is 0.507. The van der Waals surface area contributed by atoms with Crippen LogP contribution in [-0.4, -0.2) is 56.8 Å². The van der Waals surface area contributed by atoms with Crippen LogP contribution < -0.4 is 5.32 Å². The number of benzene rings is 1. The van der Waals surface area contributed by atoms with Crippen LogP contribution in [0.1, 0.15) is 12.0 Å². The van der Waals surface area contributed by atoms with Crippen molar-refractivity contribution in [1.29, 1.82) is 0 Å². The quantitative estimate of drug-likeness (QED) is 0.864. The zero-order valence-corrected chi connectivity index (χ0v) is 12.8. The number of carbonyl (C=O) groups is 1. The fourth-order valence-corrected chi connectivity index (χ4v) is 4.23. The number of carbonyl (C=O) groups excluding carboxylic acids is 1. The van der Waals surface area contributed by atoms with Gasteiger partial charge in [-0.3, -0.25) is 4.79 Å². The SMILES string of the molecule is CN1CCCN(S(=O)(=O)c2ccc3c(c2)CCN3)CC1=O. The van der Waals surface area contributed by atoms with Gasteiger partial charge in [-0.15, -0.1) is 0 Å². The molecular weight excluding hydrogens is 290 g/mol. The summed E-state index contributed by atoms with van der Waals surface area (Å²) in [5.74, 6) is -0.154.